The van der Waals surface area contributed by atoms with Crippen LogP contribution in [0.3, 0.4) is 0 Å². The summed E-state index contributed by atoms with van der Waals surface area (Å²) in [5.74, 6) is 0.107. The first-order chi connectivity index (χ1) is 8.65. The van der Waals surface area contributed by atoms with Gasteiger partial charge < -0.3 is 10.8 Å². The zero-order chi connectivity index (χ0) is 12.7. The van der Waals surface area contributed by atoms with E-state index in [0.29, 0.717) is 5.69 Å². The Bertz CT molecular complexity index is 734. The van der Waals surface area contributed by atoms with Gasteiger partial charge in [0.05, 0.1) is 15.9 Å². The summed E-state index contributed by atoms with van der Waals surface area (Å²) in [4.78, 5) is 4.63. The number of phenols is 1. The van der Waals surface area contributed by atoms with Gasteiger partial charge in [-0.1, -0.05) is 12.1 Å². The summed E-state index contributed by atoms with van der Waals surface area (Å²) in [6, 6.07) is 11.3. The molecular formula is C14H12N2OS. The maximum Gasteiger partial charge on any atom is 0.138 e. The highest BCUT2D eigenvalue weighted by molar-refractivity contribution is 7.21. The molecule has 1 aromatic heterocycles. The Morgan fingerprint density at radius 1 is 1.22 bits per heavy atom. The van der Waals surface area contributed by atoms with E-state index in [-0.39, 0.29) is 5.75 Å². The topological polar surface area (TPSA) is 59.1 Å². The minimum absolute atomic E-state index is 0.107. The van der Waals surface area contributed by atoms with Gasteiger partial charge in [0.2, 0.25) is 0 Å². The second kappa shape index (κ2) is 3.99. The number of fused-ring (bicyclic) bond motifs is 1. The number of phenolic OH excluding ortho intramolecular Hbond substituents is 1. The van der Waals surface area contributed by atoms with Crippen LogP contribution < -0.4 is 5.73 Å². The maximum atomic E-state index is 9.43. The van der Waals surface area contributed by atoms with Gasteiger partial charge in [0.1, 0.15) is 10.8 Å². The smallest absolute Gasteiger partial charge is 0.138 e. The molecule has 2 aromatic carbocycles. The number of anilines is 1. The number of hydrogen-bond acceptors (Lipinski definition) is 4. The van der Waals surface area contributed by atoms with Crippen LogP contribution >= 0.6 is 11.3 Å². The Labute approximate surface area is 109 Å². The molecule has 0 bridgehead atoms. The first kappa shape index (κ1) is 11.0. The number of nitrogen functional groups attached to an aromatic ring is 1. The van der Waals surface area contributed by atoms with Crippen LogP contribution in [0.4, 0.5) is 5.69 Å². The van der Waals surface area contributed by atoms with Crippen molar-refractivity contribution >= 4 is 27.2 Å². The highest BCUT2D eigenvalue weighted by Crippen LogP contribution is 2.34. The zero-order valence-electron chi connectivity index (χ0n) is 9.84. The van der Waals surface area contributed by atoms with Crippen molar-refractivity contribution in [1.82, 2.24) is 4.98 Å². The Morgan fingerprint density at radius 3 is 2.78 bits per heavy atom. The molecule has 0 amide bonds. The van der Waals surface area contributed by atoms with Gasteiger partial charge in [0, 0.05) is 5.56 Å². The van der Waals surface area contributed by atoms with Crippen molar-refractivity contribution in [3.63, 3.8) is 0 Å². The third-order valence-corrected chi connectivity index (χ3v) is 3.96. The van der Waals surface area contributed by atoms with Crippen LogP contribution in [0.1, 0.15) is 5.56 Å². The molecule has 0 radical (unpaired) electrons. The molecule has 0 saturated carbocycles. The Morgan fingerprint density at radius 2 is 2.06 bits per heavy atom. The van der Waals surface area contributed by atoms with Gasteiger partial charge in [0.15, 0.2) is 0 Å². The number of benzene rings is 2. The van der Waals surface area contributed by atoms with Gasteiger partial charge in [-0.15, -0.1) is 11.3 Å². The summed E-state index contributed by atoms with van der Waals surface area (Å²) in [5.41, 5.74) is 9.22. The standard InChI is InChI=1S/C14H12N2OS/c1-8-3-2-4-12-13(8)16-14(18-12)9-5-6-11(17)10(15)7-9/h2-7,17H,15H2,1H3. The van der Waals surface area contributed by atoms with Crippen LogP contribution in [0, 0.1) is 6.92 Å². The lowest BCUT2D eigenvalue weighted by molar-refractivity contribution is 0.478. The lowest BCUT2D eigenvalue weighted by atomic mass is 10.2. The first-order valence-electron chi connectivity index (χ1n) is 5.60. The number of para-hydroxylation sites is 1. The van der Waals surface area contributed by atoms with E-state index < -0.39 is 0 Å². The van der Waals surface area contributed by atoms with Crippen LogP contribution in [0.15, 0.2) is 36.4 Å². The quantitative estimate of drug-likeness (QED) is 0.517. The van der Waals surface area contributed by atoms with E-state index >= 15 is 0 Å². The number of rotatable bonds is 1. The maximum absolute atomic E-state index is 9.43. The van der Waals surface area contributed by atoms with E-state index in [0.717, 1.165) is 20.8 Å². The van der Waals surface area contributed by atoms with Gasteiger partial charge in [-0.25, -0.2) is 4.98 Å². The monoisotopic (exact) mass is 256 g/mol. The van der Waals surface area contributed by atoms with Crippen molar-refractivity contribution < 1.29 is 5.11 Å². The summed E-state index contributed by atoms with van der Waals surface area (Å²) in [6.45, 7) is 2.05. The summed E-state index contributed by atoms with van der Waals surface area (Å²) in [5, 5.41) is 10.4. The molecular weight excluding hydrogens is 244 g/mol. The first-order valence-corrected chi connectivity index (χ1v) is 6.42. The predicted molar refractivity (Wildman–Crippen MR) is 75.9 cm³/mol. The molecule has 0 aliphatic rings. The fraction of sp³-hybridized carbons (Fsp3) is 0.0714. The van der Waals surface area contributed by atoms with E-state index in [4.69, 9.17) is 5.73 Å². The van der Waals surface area contributed by atoms with Crippen LogP contribution in [0.25, 0.3) is 20.8 Å². The number of aromatic hydroxyl groups is 1. The molecule has 1 heterocycles. The normalized spacial score (nSPS) is 10.9. The fourth-order valence-corrected chi connectivity index (χ4v) is 2.94. The molecule has 18 heavy (non-hydrogen) atoms. The average Bonchev–Trinajstić information content (AvgIpc) is 2.78. The minimum Gasteiger partial charge on any atom is -0.506 e. The van der Waals surface area contributed by atoms with Gasteiger partial charge in [-0.2, -0.15) is 0 Å². The van der Waals surface area contributed by atoms with Crippen molar-refractivity contribution in [2.75, 3.05) is 5.73 Å². The SMILES string of the molecule is Cc1cccc2sc(-c3ccc(O)c(N)c3)nc12. The number of thiazole rings is 1. The number of nitrogens with zero attached hydrogens (tertiary/aromatic N) is 1. The van der Waals surface area contributed by atoms with E-state index in [1.54, 1.807) is 23.5 Å². The van der Waals surface area contributed by atoms with Crippen molar-refractivity contribution in [2.24, 2.45) is 0 Å². The molecule has 4 heteroatoms. The molecule has 0 unspecified atom stereocenters. The molecule has 0 atom stereocenters. The lowest BCUT2D eigenvalue weighted by Crippen LogP contribution is -1.86. The molecule has 3 aromatic rings. The van der Waals surface area contributed by atoms with E-state index in [2.05, 4.69) is 24.0 Å². The molecule has 0 fully saturated rings. The second-order valence-electron chi connectivity index (χ2n) is 4.21. The third kappa shape index (κ3) is 1.71. The Hall–Kier alpha value is -2.07. The molecule has 3 nitrogen and oxygen atoms in total. The minimum atomic E-state index is 0.107. The lowest BCUT2D eigenvalue weighted by Gasteiger charge is -2.00. The van der Waals surface area contributed by atoms with Crippen molar-refractivity contribution in [2.45, 2.75) is 6.92 Å². The molecule has 0 saturated heterocycles. The van der Waals surface area contributed by atoms with Crippen molar-refractivity contribution in [3.8, 4) is 16.3 Å². The van der Waals surface area contributed by atoms with Crippen LogP contribution in [-0.2, 0) is 0 Å². The number of nitrogens with two attached hydrogens (primary N) is 1. The molecule has 3 rings (SSSR count). The molecule has 0 aliphatic carbocycles. The highest BCUT2D eigenvalue weighted by Gasteiger charge is 2.09. The van der Waals surface area contributed by atoms with E-state index in [1.165, 1.54) is 5.56 Å². The van der Waals surface area contributed by atoms with Gasteiger partial charge in [0.25, 0.3) is 0 Å². The number of aryl methyl sites for hydroxylation is 1. The van der Waals surface area contributed by atoms with E-state index in [1.807, 2.05) is 12.1 Å². The highest BCUT2D eigenvalue weighted by atomic mass is 32.1. The summed E-state index contributed by atoms with van der Waals surface area (Å²) in [7, 11) is 0. The number of aromatic nitrogens is 1. The van der Waals surface area contributed by atoms with Crippen LogP contribution in [0.2, 0.25) is 0 Å². The number of hydrogen-bond donors (Lipinski definition) is 2. The van der Waals surface area contributed by atoms with Crippen LogP contribution in [-0.4, -0.2) is 10.1 Å². The Balaban J connectivity index is 2.19. The second-order valence-corrected chi connectivity index (χ2v) is 5.24. The summed E-state index contributed by atoms with van der Waals surface area (Å²) >= 11 is 1.63. The zero-order valence-corrected chi connectivity index (χ0v) is 10.7. The van der Waals surface area contributed by atoms with Crippen molar-refractivity contribution in [3.05, 3.63) is 42.0 Å². The van der Waals surface area contributed by atoms with Crippen molar-refractivity contribution in [1.29, 1.82) is 0 Å². The average molecular weight is 256 g/mol. The predicted octanol–water partition coefficient (Wildman–Crippen LogP) is 3.56. The van der Waals surface area contributed by atoms with Crippen LogP contribution in [0.5, 0.6) is 5.75 Å². The van der Waals surface area contributed by atoms with Gasteiger partial charge >= 0.3 is 0 Å². The Kier molecular flexibility index (Phi) is 2.45. The molecule has 90 valence electrons. The fourth-order valence-electron chi connectivity index (χ4n) is 1.90. The summed E-state index contributed by atoms with van der Waals surface area (Å²) < 4.78 is 1.16. The molecule has 0 spiro atoms. The van der Waals surface area contributed by atoms with E-state index in [9.17, 15) is 5.11 Å². The van der Waals surface area contributed by atoms with Gasteiger partial charge in [-0.05, 0) is 36.8 Å². The third-order valence-electron chi connectivity index (χ3n) is 2.90. The van der Waals surface area contributed by atoms with Gasteiger partial charge in [-0.3, -0.25) is 0 Å². The summed E-state index contributed by atoms with van der Waals surface area (Å²) in [6.07, 6.45) is 0. The molecule has 0 aliphatic heterocycles. The largest absolute Gasteiger partial charge is 0.506 e. The molecule has 3 N–H and O–H groups in total.